The van der Waals surface area contributed by atoms with E-state index in [0.29, 0.717) is 17.8 Å². The molecule has 0 atom stereocenters. The average Bonchev–Trinajstić information content (AvgIpc) is 3.16. The lowest BCUT2D eigenvalue weighted by molar-refractivity contribution is 0.289. The Balaban J connectivity index is 1.59. The van der Waals surface area contributed by atoms with E-state index in [0.717, 1.165) is 31.4 Å². The van der Waals surface area contributed by atoms with Crippen LogP contribution in [-0.2, 0) is 10.0 Å². The predicted octanol–water partition coefficient (Wildman–Crippen LogP) is 2.08. The standard InChI is InChI=1S/C14H17N5O2S/c20-22(21,12-8-17-19(9-12)11-2-1-3-11)18-14-13(10-4-5-10)15-6-7-16-14/h6-11H,1-5H2,(H,16,18). The molecule has 4 rings (SSSR count). The Morgan fingerprint density at radius 3 is 2.59 bits per heavy atom. The molecule has 0 spiro atoms. The highest BCUT2D eigenvalue weighted by atomic mass is 32.2. The monoisotopic (exact) mass is 319 g/mol. The third-order valence-electron chi connectivity index (χ3n) is 4.26. The normalized spacial score (nSPS) is 18.9. The van der Waals surface area contributed by atoms with Crippen LogP contribution in [0.4, 0.5) is 5.82 Å². The molecule has 116 valence electrons. The molecule has 1 N–H and O–H groups in total. The maximum Gasteiger partial charge on any atom is 0.266 e. The summed E-state index contributed by atoms with van der Waals surface area (Å²) in [7, 11) is -3.67. The van der Waals surface area contributed by atoms with Gasteiger partial charge < -0.3 is 0 Å². The molecule has 8 heteroatoms. The van der Waals surface area contributed by atoms with Gasteiger partial charge in [0.1, 0.15) is 4.90 Å². The van der Waals surface area contributed by atoms with Crippen molar-refractivity contribution in [3.05, 3.63) is 30.5 Å². The maximum atomic E-state index is 12.5. The van der Waals surface area contributed by atoms with E-state index in [4.69, 9.17) is 0 Å². The van der Waals surface area contributed by atoms with Gasteiger partial charge in [0, 0.05) is 24.5 Å². The summed E-state index contributed by atoms with van der Waals surface area (Å²) < 4.78 is 29.3. The van der Waals surface area contributed by atoms with Crippen molar-refractivity contribution in [3.63, 3.8) is 0 Å². The van der Waals surface area contributed by atoms with Crippen LogP contribution < -0.4 is 4.72 Å². The third-order valence-corrected chi connectivity index (χ3v) is 5.55. The van der Waals surface area contributed by atoms with E-state index >= 15 is 0 Å². The second-order valence-corrected chi connectivity index (χ2v) is 7.59. The fourth-order valence-corrected chi connectivity index (χ4v) is 3.54. The molecule has 0 aliphatic heterocycles. The largest absolute Gasteiger partial charge is 0.268 e. The van der Waals surface area contributed by atoms with Gasteiger partial charge in [-0.05, 0) is 32.1 Å². The van der Waals surface area contributed by atoms with Gasteiger partial charge in [-0.15, -0.1) is 0 Å². The van der Waals surface area contributed by atoms with Crippen molar-refractivity contribution in [2.75, 3.05) is 4.72 Å². The molecule has 2 fully saturated rings. The van der Waals surface area contributed by atoms with Crippen LogP contribution in [0.5, 0.6) is 0 Å². The lowest BCUT2D eigenvalue weighted by atomic mass is 9.93. The molecular weight excluding hydrogens is 302 g/mol. The van der Waals surface area contributed by atoms with Gasteiger partial charge in [0.25, 0.3) is 10.0 Å². The molecule has 2 aromatic heterocycles. The lowest BCUT2D eigenvalue weighted by Crippen LogP contribution is -2.18. The quantitative estimate of drug-likeness (QED) is 0.911. The van der Waals surface area contributed by atoms with Crippen molar-refractivity contribution in [2.45, 2.75) is 49.0 Å². The highest BCUT2D eigenvalue weighted by Gasteiger charge is 2.30. The Hall–Kier alpha value is -1.96. The first-order valence-electron chi connectivity index (χ1n) is 7.51. The van der Waals surface area contributed by atoms with Crippen molar-refractivity contribution in [1.29, 1.82) is 0 Å². The van der Waals surface area contributed by atoms with E-state index in [1.807, 2.05) is 0 Å². The number of nitrogens with one attached hydrogen (secondary N) is 1. The van der Waals surface area contributed by atoms with E-state index in [2.05, 4.69) is 19.8 Å². The Labute approximate surface area is 128 Å². The van der Waals surface area contributed by atoms with Gasteiger partial charge in [-0.2, -0.15) is 5.10 Å². The van der Waals surface area contributed by atoms with Crippen molar-refractivity contribution in [1.82, 2.24) is 19.7 Å². The second kappa shape index (κ2) is 5.05. The van der Waals surface area contributed by atoms with Crippen LogP contribution in [0.2, 0.25) is 0 Å². The number of hydrogen-bond donors (Lipinski definition) is 1. The van der Waals surface area contributed by atoms with Crippen LogP contribution in [0.25, 0.3) is 0 Å². The molecular formula is C14H17N5O2S. The molecule has 0 aromatic carbocycles. The summed E-state index contributed by atoms with van der Waals surface area (Å²) in [6.45, 7) is 0. The summed E-state index contributed by atoms with van der Waals surface area (Å²) in [5.41, 5.74) is 0.734. The second-order valence-electron chi connectivity index (χ2n) is 5.91. The zero-order chi connectivity index (χ0) is 15.2. The number of nitrogens with zero attached hydrogens (tertiary/aromatic N) is 4. The third kappa shape index (κ3) is 2.47. The lowest BCUT2D eigenvalue weighted by Gasteiger charge is -2.25. The Bertz CT molecular complexity index is 793. The van der Waals surface area contributed by atoms with Crippen LogP contribution in [0.1, 0.15) is 49.8 Å². The van der Waals surface area contributed by atoms with Gasteiger partial charge in [-0.25, -0.2) is 13.4 Å². The minimum atomic E-state index is -3.67. The molecule has 2 aromatic rings. The molecule has 7 nitrogen and oxygen atoms in total. The van der Waals surface area contributed by atoms with Crippen LogP contribution in [0, 0.1) is 0 Å². The van der Waals surface area contributed by atoms with Gasteiger partial charge >= 0.3 is 0 Å². The fourth-order valence-electron chi connectivity index (χ4n) is 2.58. The zero-order valence-electron chi connectivity index (χ0n) is 12.0. The first-order valence-corrected chi connectivity index (χ1v) is 9.00. The van der Waals surface area contributed by atoms with Gasteiger partial charge in [-0.3, -0.25) is 14.4 Å². The average molecular weight is 319 g/mol. The molecule has 0 saturated heterocycles. The van der Waals surface area contributed by atoms with Crippen molar-refractivity contribution in [3.8, 4) is 0 Å². The fraction of sp³-hybridized carbons (Fsp3) is 0.500. The number of sulfonamides is 1. The molecule has 0 amide bonds. The van der Waals surface area contributed by atoms with Crippen molar-refractivity contribution < 1.29 is 8.42 Å². The van der Waals surface area contributed by atoms with Gasteiger partial charge in [0.15, 0.2) is 5.82 Å². The van der Waals surface area contributed by atoms with E-state index in [9.17, 15) is 8.42 Å². The highest BCUT2D eigenvalue weighted by molar-refractivity contribution is 7.92. The summed E-state index contributed by atoms with van der Waals surface area (Å²) in [4.78, 5) is 8.58. The summed E-state index contributed by atoms with van der Waals surface area (Å²) >= 11 is 0. The Morgan fingerprint density at radius 2 is 1.91 bits per heavy atom. The molecule has 2 heterocycles. The molecule has 22 heavy (non-hydrogen) atoms. The molecule has 0 bridgehead atoms. The van der Waals surface area contributed by atoms with Gasteiger partial charge in [0.05, 0.1) is 17.9 Å². The summed E-state index contributed by atoms with van der Waals surface area (Å²) in [6, 6.07) is 0.336. The first kappa shape index (κ1) is 13.7. The summed E-state index contributed by atoms with van der Waals surface area (Å²) in [6.07, 6.45) is 11.5. The van der Waals surface area contributed by atoms with Crippen LogP contribution >= 0.6 is 0 Å². The van der Waals surface area contributed by atoms with E-state index in [1.54, 1.807) is 17.1 Å². The molecule has 2 saturated carbocycles. The van der Waals surface area contributed by atoms with Crippen molar-refractivity contribution >= 4 is 15.8 Å². The minimum Gasteiger partial charge on any atom is -0.268 e. The van der Waals surface area contributed by atoms with Crippen LogP contribution in [0.3, 0.4) is 0 Å². The predicted molar refractivity (Wildman–Crippen MR) is 79.9 cm³/mol. The topological polar surface area (TPSA) is 89.8 Å². The van der Waals surface area contributed by atoms with Gasteiger partial charge in [-0.1, -0.05) is 0 Å². The number of rotatable bonds is 5. The minimum absolute atomic E-state index is 0.173. The van der Waals surface area contributed by atoms with E-state index < -0.39 is 10.0 Å². The Kier molecular flexibility index (Phi) is 3.14. The highest BCUT2D eigenvalue weighted by Crippen LogP contribution is 2.41. The first-order chi connectivity index (χ1) is 10.6. The van der Waals surface area contributed by atoms with E-state index in [-0.39, 0.29) is 4.90 Å². The van der Waals surface area contributed by atoms with Crippen LogP contribution in [-0.4, -0.2) is 28.2 Å². The number of aromatic nitrogens is 4. The Morgan fingerprint density at radius 1 is 1.14 bits per heavy atom. The smallest absolute Gasteiger partial charge is 0.266 e. The molecule has 0 unspecified atom stereocenters. The zero-order valence-corrected chi connectivity index (χ0v) is 12.8. The summed E-state index contributed by atoms with van der Waals surface area (Å²) in [5.74, 6) is 0.658. The number of anilines is 1. The molecule has 2 aliphatic rings. The maximum absolute atomic E-state index is 12.5. The number of hydrogen-bond acceptors (Lipinski definition) is 5. The molecule has 0 radical (unpaired) electrons. The SMILES string of the molecule is O=S(=O)(Nc1nccnc1C1CC1)c1cnn(C2CCC2)c1. The van der Waals surface area contributed by atoms with E-state index in [1.165, 1.54) is 18.8 Å². The molecule has 2 aliphatic carbocycles. The summed E-state index contributed by atoms with van der Waals surface area (Å²) in [5, 5.41) is 4.18. The van der Waals surface area contributed by atoms with Crippen molar-refractivity contribution in [2.24, 2.45) is 0 Å². The van der Waals surface area contributed by atoms with Gasteiger partial charge in [0.2, 0.25) is 0 Å². The van der Waals surface area contributed by atoms with Crippen LogP contribution in [0.15, 0.2) is 29.7 Å².